The minimum absolute atomic E-state index is 0. The number of thioether (sulfide) groups is 1. The molecule has 1 rings (SSSR count). The maximum absolute atomic E-state index is 12.3. The Morgan fingerprint density at radius 3 is 2.52 bits per heavy atom. The fourth-order valence-electron chi connectivity index (χ4n) is 1.77. The molecule has 1 atom stereocenters. The first-order valence-corrected chi connectivity index (χ1v) is 9.93. The first-order valence-electron chi connectivity index (χ1n) is 7.05. The lowest BCUT2D eigenvalue weighted by Gasteiger charge is -2.18. The van der Waals surface area contributed by atoms with Crippen LogP contribution in [0.3, 0.4) is 0 Å². The summed E-state index contributed by atoms with van der Waals surface area (Å²) in [5.41, 5.74) is 5.38. The fourth-order valence-corrected chi connectivity index (χ4v) is 3.49. The number of hydrogen-bond donors (Lipinski definition) is 3. The van der Waals surface area contributed by atoms with Crippen LogP contribution in [0.1, 0.15) is 12.8 Å². The summed E-state index contributed by atoms with van der Waals surface area (Å²) < 4.78 is 27.1. The molecule has 0 aliphatic carbocycles. The Balaban J connectivity index is 0.00000484. The molecule has 0 saturated heterocycles. The zero-order valence-electron chi connectivity index (χ0n) is 13.0. The Labute approximate surface area is 148 Å². The van der Waals surface area contributed by atoms with Crippen LogP contribution in [0.5, 0.6) is 0 Å². The van der Waals surface area contributed by atoms with Crippen molar-refractivity contribution in [2.24, 2.45) is 5.73 Å². The topological polar surface area (TPSA) is 101 Å². The van der Waals surface area contributed by atoms with E-state index in [0.29, 0.717) is 31.7 Å². The summed E-state index contributed by atoms with van der Waals surface area (Å²) in [5, 5.41) is 2.71. The second-order valence-electron chi connectivity index (χ2n) is 4.70. The highest BCUT2D eigenvalue weighted by Gasteiger charge is 2.24. The van der Waals surface area contributed by atoms with Crippen LogP contribution in [0, 0.1) is 0 Å². The molecule has 1 amide bonds. The minimum Gasteiger partial charge on any atom is -0.355 e. The van der Waals surface area contributed by atoms with Gasteiger partial charge in [-0.2, -0.15) is 16.5 Å². The third-order valence-electron chi connectivity index (χ3n) is 2.96. The van der Waals surface area contributed by atoms with Gasteiger partial charge < -0.3 is 11.1 Å². The molecule has 1 aromatic carbocycles. The largest absolute Gasteiger partial charge is 0.355 e. The molecule has 0 aromatic heterocycles. The van der Waals surface area contributed by atoms with Gasteiger partial charge in [-0.1, -0.05) is 18.2 Å². The maximum Gasteiger partial charge on any atom is 0.241 e. The third kappa shape index (κ3) is 8.03. The van der Waals surface area contributed by atoms with Crippen LogP contribution in [0.15, 0.2) is 35.2 Å². The number of amides is 1. The lowest BCUT2D eigenvalue weighted by molar-refractivity contribution is -0.122. The average molecular weight is 382 g/mol. The number of carbonyl (C=O) groups is 1. The van der Waals surface area contributed by atoms with E-state index in [1.54, 1.807) is 30.0 Å². The molecule has 0 bridgehead atoms. The molecule has 23 heavy (non-hydrogen) atoms. The van der Waals surface area contributed by atoms with E-state index >= 15 is 0 Å². The lowest BCUT2D eigenvalue weighted by Crippen LogP contribution is -2.47. The maximum atomic E-state index is 12.3. The number of carbonyl (C=O) groups excluding carboxylic acids is 1. The van der Waals surface area contributed by atoms with Crippen molar-refractivity contribution in [1.29, 1.82) is 0 Å². The highest BCUT2D eigenvalue weighted by Crippen LogP contribution is 2.10. The summed E-state index contributed by atoms with van der Waals surface area (Å²) in [6.45, 7) is 0.920. The van der Waals surface area contributed by atoms with E-state index in [1.807, 2.05) is 6.26 Å². The first-order chi connectivity index (χ1) is 10.5. The zero-order valence-corrected chi connectivity index (χ0v) is 15.5. The van der Waals surface area contributed by atoms with Crippen LogP contribution in [0.4, 0.5) is 0 Å². The van der Waals surface area contributed by atoms with Gasteiger partial charge in [-0.25, -0.2) is 8.42 Å². The van der Waals surface area contributed by atoms with Gasteiger partial charge in [-0.15, -0.1) is 12.4 Å². The van der Waals surface area contributed by atoms with Crippen molar-refractivity contribution in [2.45, 2.75) is 23.8 Å². The van der Waals surface area contributed by atoms with Crippen LogP contribution in [0.25, 0.3) is 0 Å². The van der Waals surface area contributed by atoms with Crippen LogP contribution in [0.2, 0.25) is 0 Å². The Morgan fingerprint density at radius 1 is 1.30 bits per heavy atom. The SMILES string of the molecule is CSCCC(NS(=O)(=O)c1ccccc1)C(=O)NCCCN.Cl. The molecular formula is C14H24ClN3O3S2. The molecule has 0 saturated carbocycles. The van der Waals surface area contributed by atoms with Crippen LogP contribution in [-0.2, 0) is 14.8 Å². The van der Waals surface area contributed by atoms with Gasteiger partial charge in [0, 0.05) is 6.54 Å². The van der Waals surface area contributed by atoms with Gasteiger partial charge in [0.1, 0.15) is 6.04 Å². The van der Waals surface area contributed by atoms with Crippen molar-refractivity contribution >= 4 is 40.1 Å². The number of nitrogens with two attached hydrogens (primary N) is 1. The zero-order chi connectivity index (χ0) is 16.4. The van der Waals surface area contributed by atoms with E-state index in [0.717, 1.165) is 0 Å². The summed E-state index contributed by atoms with van der Waals surface area (Å²) in [7, 11) is -3.71. The Bertz CT molecular complexity index is 556. The van der Waals surface area contributed by atoms with Crippen molar-refractivity contribution in [2.75, 3.05) is 25.1 Å². The van der Waals surface area contributed by atoms with E-state index < -0.39 is 16.1 Å². The van der Waals surface area contributed by atoms with E-state index in [4.69, 9.17) is 5.73 Å². The monoisotopic (exact) mass is 381 g/mol. The van der Waals surface area contributed by atoms with Gasteiger partial charge in [0.25, 0.3) is 0 Å². The molecule has 6 nitrogen and oxygen atoms in total. The highest BCUT2D eigenvalue weighted by molar-refractivity contribution is 7.98. The molecule has 1 aromatic rings. The number of benzene rings is 1. The summed E-state index contributed by atoms with van der Waals surface area (Å²) in [6, 6.07) is 7.25. The van der Waals surface area contributed by atoms with Crippen molar-refractivity contribution in [3.63, 3.8) is 0 Å². The van der Waals surface area contributed by atoms with Gasteiger partial charge in [-0.05, 0) is 43.5 Å². The van der Waals surface area contributed by atoms with Gasteiger partial charge in [0.05, 0.1) is 4.90 Å². The molecule has 4 N–H and O–H groups in total. The molecule has 0 spiro atoms. The standard InChI is InChI=1S/C14H23N3O3S2.ClH/c1-21-11-8-13(14(18)16-10-5-9-15)17-22(19,20)12-6-3-2-4-7-12;/h2-4,6-7,13,17H,5,8-11,15H2,1H3,(H,16,18);1H. The second kappa shape index (κ2) is 11.7. The Hall–Kier alpha value is -0.800. The van der Waals surface area contributed by atoms with E-state index in [2.05, 4.69) is 10.0 Å². The Kier molecular flexibility index (Phi) is 11.3. The predicted molar refractivity (Wildman–Crippen MR) is 97.5 cm³/mol. The normalized spacial score (nSPS) is 12.3. The highest BCUT2D eigenvalue weighted by atomic mass is 35.5. The number of sulfonamides is 1. The second-order valence-corrected chi connectivity index (χ2v) is 7.40. The van der Waals surface area contributed by atoms with Crippen molar-refractivity contribution < 1.29 is 13.2 Å². The summed E-state index contributed by atoms with van der Waals surface area (Å²) in [5.74, 6) is 0.369. The van der Waals surface area contributed by atoms with Gasteiger partial charge in [0.15, 0.2) is 0 Å². The summed E-state index contributed by atoms with van der Waals surface area (Å²) in [4.78, 5) is 12.3. The van der Waals surface area contributed by atoms with E-state index in [1.165, 1.54) is 12.1 Å². The summed E-state index contributed by atoms with van der Waals surface area (Å²) in [6.07, 6.45) is 3.00. The number of nitrogens with one attached hydrogen (secondary N) is 2. The minimum atomic E-state index is -3.71. The van der Waals surface area contributed by atoms with Crippen LogP contribution >= 0.6 is 24.2 Å². The quantitative estimate of drug-likeness (QED) is 0.524. The lowest BCUT2D eigenvalue weighted by atomic mass is 10.2. The Morgan fingerprint density at radius 2 is 1.96 bits per heavy atom. The third-order valence-corrected chi connectivity index (χ3v) is 5.09. The molecule has 0 fully saturated rings. The number of halogens is 1. The number of rotatable bonds is 10. The van der Waals surface area contributed by atoms with Gasteiger partial charge >= 0.3 is 0 Å². The molecule has 0 heterocycles. The fraction of sp³-hybridized carbons (Fsp3) is 0.500. The van der Waals surface area contributed by atoms with Crippen molar-refractivity contribution in [3.05, 3.63) is 30.3 Å². The molecule has 0 aliphatic rings. The molecule has 0 aliphatic heterocycles. The van der Waals surface area contributed by atoms with Crippen molar-refractivity contribution in [1.82, 2.24) is 10.0 Å². The number of hydrogen-bond acceptors (Lipinski definition) is 5. The van der Waals surface area contributed by atoms with Gasteiger partial charge in [0.2, 0.25) is 15.9 Å². The predicted octanol–water partition coefficient (Wildman–Crippen LogP) is 0.973. The summed E-state index contributed by atoms with van der Waals surface area (Å²) >= 11 is 1.56. The average Bonchev–Trinajstić information content (AvgIpc) is 2.52. The molecule has 1 unspecified atom stereocenters. The van der Waals surface area contributed by atoms with E-state index in [9.17, 15) is 13.2 Å². The molecule has 9 heteroatoms. The molecule has 0 radical (unpaired) electrons. The van der Waals surface area contributed by atoms with Crippen molar-refractivity contribution in [3.8, 4) is 0 Å². The molecular weight excluding hydrogens is 358 g/mol. The smallest absolute Gasteiger partial charge is 0.241 e. The first kappa shape index (κ1) is 22.2. The van der Waals surface area contributed by atoms with Crippen LogP contribution < -0.4 is 15.8 Å². The van der Waals surface area contributed by atoms with Crippen LogP contribution in [-0.4, -0.2) is 45.5 Å². The van der Waals surface area contributed by atoms with Gasteiger partial charge in [-0.3, -0.25) is 4.79 Å². The molecule has 132 valence electrons. The van der Waals surface area contributed by atoms with E-state index in [-0.39, 0.29) is 23.2 Å².